The number of rotatable bonds is 4. The monoisotopic (exact) mass is 320 g/mol. The average molecular weight is 320 g/mol. The molecule has 1 fully saturated rings. The number of piperazine rings is 1. The Morgan fingerprint density at radius 1 is 1.04 bits per heavy atom. The Labute approximate surface area is 134 Å². The summed E-state index contributed by atoms with van der Waals surface area (Å²) in [6.45, 7) is 3.39. The van der Waals surface area contributed by atoms with E-state index in [0.717, 1.165) is 0 Å². The molecule has 0 unspecified atom stereocenters. The lowest BCUT2D eigenvalue weighted by Crippen LogP contribution is -2.51. The highest BCUT2D eigenvalue weighted by atomic mass is 16.5. The van der Waals surface area contributed by atoms with Crippen molar-refractivity contribution in [3.8, 4) is 5.75 Å². The van der Waals surface area contributed by atoms with Crippen LogP contribution in [0.3, 0.4) is 0 Å². The summed E-state index contributed by atoms with van der Waals surface area (Å²) < 4.78 is 10.2. The summed E-state index contributed by atoms with van der Waals surface area (Å²) in [7, 11) is 1.29. The first-order valence-corrected chi connectivity index (χ1v) is 7.36. The predicted molar refractivity (Wildman–Crippen MR) is 82.1 cm³/mol. The van der Waals surface area contributed by atoms with Gasteiger partial charge in [-0.15, -0.1) is 0 Å². The number of nitrogens with zero attached hydrogens (tertiary/aromatic N) is 2. The van der Waals surface area contributed by atoms with Crippen molar-refractivity contribution in [3.63, 3.8) is 0 Å². The lowest BCUT2D eigenvalue weighted by molar-refractivity contribution is -0.139. The fraction of sp³-hybridized carbons (Fsp3) is 0.438. The van der Waals surface area contributed by atoms with Gasteiger partial charge in [0.2, 0.25) is 5.91 Å². The fourth-order valence-electron chi connectivity index (χ4n) is 2.37. The first kappa shape index (κ1) is 16.8. The summed E-state index contributed by atoms with van der Waals surface area (Å²) in [4.78, 5) is 38.5. The van der Waals surface area contributed by atoms with Crippen molar-refractivity contribution in [1.29, 1.82) is 0 Å². The van der Waals surface area contributed by atoms with Crippen LogP contribution >= 0.6 is 0 Å². The van der Waals surface area contributed by atoms with E-state index in [2.05, 4.69) is 4.74 Å². The molecule has 0 radical (unpaired) electrons. The number of methoxy groups -OCH3 is 1. The molecule has 1 aromatic carbocycles. The van der Waals surface area contributed by atoms with E-state index in [1.165, 1.54) is 14.0 Å². The van der Waals surface area contributed by atoms with Gasteiger partial charge in [-0.2, -0.15) is 0 Å². The van der Waals surface area contributed by atoms with Crippen molar-refractivity contribution >= 4 is 17.8 Å². The minimum absolute atomic E-state index is 0.0142. The van der Waals surface area contributed by atoms with Gasteiger partial charge in [0.15, 0.2) is 6.61 Å². The minimum Gasteiger partial charge on any atom is -0.483 e. The van der Waals surface area contributed by atoms with Gasteiger partial charge in [-0.3, -0.25) is 9.59 Å². The molecule has 2 amide bonds. The minimum atomic E-state index is -0.511. The Morgan fingerprint density at radius 2 is 1.65 bits per heavy atom. The Kier molecular flexibility index (Phi) is 5.56. The summed E-state index contributed by atoms with van der Waals surface area (Å²) in [5.41, 5.74) is 0.282. The third-order valence-corrected chi connectivity index (χ3v) is 3.72. The van der Waals surface area contributed by atoms with Gasteiger partial charge >= 0.3 is 5.97 Å². The summed E-state index contributed by atoms with van der Waals surface area (Å²) in [5.74, 6) is -0.355. The molecule has 0 aromatic heterocycles. The standard InChI is InChI=1S/C16H20N2O5/c1-12(19)17-7-9-18(10-8-17)15(20)11-23-14-6-4-3-5-13(14)16(21)22-2/h3-6H,7-11H2,1-2H3. The molecule has 0 aliphatic carbocycles. The molecule has 1 aromatic rings. The van der Waals surface area contributed by atoms with Crippen LogP contribution < -0.4 is 4.74 Å². The van der Waals surface area contributed by atoms with Gasteiger partial charge in [-0.05, 0) is 12.1 Å². The number of esters is 1. The number of hydrogen-bond donors (Lipinski definition) is 0. The number of hydrogen-bond acceptors (Lipinski definition) is 5. The molecule has 1 aliphatic heterocycles. The van der Waals surface area contributed by atoms with Crippen molar-refractivity contribution in [1.82, 2.24) is 9.80 Å². The molecular formula is C16H20N2O5. The average Bonchev–Trinajstić information content (AvgIpc) is 2.59. The Morgan fingerprint density at radius 3 is 2.26 bits per heavy atom. The maximum Gasteiger partial charge on any atom is 0.341 e. The van der Waals surface area contributed by atoms with E-state index in [1.807, 2.05) is 0 Å². The van der Waals surface area contributed by atoms with Gasteiger partial charge < -0.3 is 19.3 Å². The molecule has 0 bridgehead atoms. The quantitative estimate of drug-likeness (QED) is 0.757. The number of amides is 2. The van der Waals surface area contributed by atoms with Crippen molar-refractivity contribution < 1.29 is 23.9 Å². The largest absolute Gasteiger partial charge is 0.483 e. The first-order valence-electron chi connectivity index (χ1n) is 7.36. The molecule has 2 rings (SSSR count). The molecule has 23 heavy (non-hydrogen) atoms. The van der Waals surface area contributed by atoms with Gasteiger partial charge in [-0.25, -0.2) is 4.79 Å². The molecule has 1 heterocycles. The smallest absolute Gasteiger partial charge is 0.341 e. The van der Waals surface area contributed by atoms with Crippen LogP contribution in [0.2, 0.25) is 0 Å². The van der Waals surface area contributed by atoms with Crippen molar-refractivity contribution in [2.24, 2.45) is 0 Å². The summed E-state index contributed by atoms with van der Waals surface area (Å²) >= 11 is 0. The van der Waals surface area contributed by atoms with Gasteiger partial charge in [0.1, 0.15) is 11.3 Å². The summed E-state index contributed by atoms with van der Waals surface area (Å²) in [6.07, 6.45) is 0. The Balaban J connectivity index is 1.91. The van der Waals surface area contributed by atoms with Crippen LogP contribution in [0, 0.1) is 0 Å². The second-order valence-electron chi connectivity index (χ2n) is 5.16. The SMILES string of the molecule is COC(=O)c1ccccc1OCC(=O)N1CCN(C(C)=O)CC1. The van der Waals surface area contributed by atoms with Crippen molar-refractivity contribution in [3.05, 3.63) is 29.8 Å². The molecule has 7 heteroatoms. The third kappa shape index (κ3) is 4.21. The van der Waals surface area contributed by atoms with Crippen LogP contribution in [0.1, 0.15) is 17.3 Å². The molecular weight excluding hydrogens is 300 g/mol. The maximum absolute atomic E-state index is 12.2. The van der Waals surface area contributed by atoms with Crippen molar-refractivity contribution in [2.75, 3.05) is 39.9 Å². The highest BCUT2D eigenvalue weighted by Crippen LogP contribution is 2.19. The third-order valence-electron chi connectivity index (χ3n) is 3.72. The van der Waals surface area contributed by atoms with E-state index in [9.17, 15) is 14.4 Å². The summed E-state index contributed by atoms with van der Waals surface area (Å²) in [6, 6.07) is 6.62. The number of carbonyl (C=O) groups excluding carboxylic acids is 3. The van der Waals surface area contributed by atoms with Gasteiger partial charge in [-0.1, -0.05) is 12.1 Å². The lowest BCUT2D eigenvalue weighted by atomic mass is 10.2. The van der Waals surface area contributed by atoms with Crippen LogP contribution in [0.25, 0.3) is 0 Å². The van der Waals surface area contributed by atoms with Crippen LogP contribution in [0.15, 0.2) is 24.3 Å². The van der Waals surface area contributed by atoms with E-state index in [-0.39, 0.29) is 24.0 Å². The van der Waals surface area contributed by atoms with Gasteiger partial charge in [0.05, 0.1) is 7.11 Å². The van der Waals surface area contributed by atoms with Gasteiger partial charge in [0.25, 0.3) is 5.91 Å². The molecule has 0 N–H and O–H groups in total. The number of para-hydroxylation sites is 1. The van der Waals surface area contributed by atoms with Crippen molar-refractivity contribution in [2.45, 2.75) is 6.92 Å². The molecule has 0 saturated carbocycles. The molecule has 1 aliphatic rings. The summed E-state index contributed by atoms with van der Waals surface area (Å²) in [5, 5.41) is 0. The molecule has 0 spiro atoms. The van der Waals surface area contributed by atoms with E-state index in [0.29, 0.717) is 31.9 Å². The molecule has 124 valence electrons. The maximum atomic E-state index is 12.2. The van der Waals surface area contributed by atoms with Crippen LogP contribution in [0.4, 0.5) is 0 Å². The second-order valence-corrected chi connectivity index (χ2v) is 5.16. The predicted octanol–water partition coefficient (Wildman–Crippen LogP) is 0.543. The van der Waals surface area contributed by atoms with Gasteiger partial charge in [0, 0.05) is 33.1 Å². The number of ether oxygens (including phenoxy) is 2. The van der Waals surface area contributed by atoms with E-state index < -0.39 is 5.97 Å². The number of benzene rings is 1. The zero-order valence-electron chi connectivity index (χ0n) is 13.3. The second kappa shape index (κ2) is 7.62. The highest BCUT2D eigenvalue weighted by molar-refractivity contribution is 5.92. The highest BCUT2D eigenvalue weighted by Gasteiger charge is 2.23. The zero-order chi connectivity index (χ0) is 16.8. The lowest BCUT2D eigenvalue weighted by Gasteiger charge is -2.34. The van der Waals surface area contributed by atoms with E-state index in [4.69, 9.17) is 4.74 Å². The molecule has 7 nitrogen and oxygen atoms in total. The Bertz CT molecular complexity index is 594. The van der Waals surface area contributed by atoms with E-state index >= 15 is 0 Å². The molecule has 0 atom stereocenters. The normalized spacial score (nSPS) is 14.3. The Hall–Kier alpha value is -2.57. The first-order chi connectivity index (χ1) is 11.0. The van der Waals surface area contributed by atoms with Crippen LogP contribution in [-0.2, 0) is 14.3 Å². The topological polar surface area (TPSA) is 76.2 Å². The van der Waals surface area contributed by atoms with E-state index in [1.54, 1.807) is 34.1 Å². The number of carbonyl (C=O) groups is 3. The van der Waals surface area contributed by atoms with Crippen LogP contribution in [0.5, 0.6) is 5.75 Å². The molecule has 1 saturated heterocycles. The fourth-order valence-corrected chi connectivity index (χ4v) is 2.37. The van der Waals surface area contributed by atoms with Crippen LogP contribution in [-0.4, -0.2) is 67.5 Å². The zero-order valence-corrected chi connectivity index (χ0v) is 13.3.